The maximum atomic E-state index is 12.3. The van der Waals surface area contributed by atoms with E-state index in [1.165, 1.54) is 23.6 Å². The molecule has 0 amide bonds. The van der Waals surface area contributed by atoms with Crippen LogP contribution >= 0.6 is 22.9 Å². The van der Waals surface area contributed by atoms with E-state index in [4.69, 9.17) is 17.3 Å². The molecule has 92 valence electrons. The number of hydrogen-bond donors (Lipinski definition) is 1. The lowest BCUT2D eigenvalue weighted by atomic mass is 10.0. The number of aryl methyl sites for hydroxylation is 1. The second-order valence-corrected chi connectivity index (χ2v) is 4.91. The van der Waals surface area contributed by atoms with Crippen LogP contribution in [0.25, 0.3) is 0 Å². The SMILES string of the molecule is Cc1ccsc1C(=O)c1ccnc(N)c1C(=O)Cl. The second kappa shape index (κ2) is 4.88. The van der Waals surface area contributed by atoms with Crippen LogP contribution in [-0.4, -0.2) is 16.0 Å². The molecule has 2 N–H and O–H groups in total. The molecule has 4 nitrogen and oxygen atoms in total. The standard InChI is InChI=1S/C12H9ClN2O2S/c1-6-3-5-18-10(6)9(16)7-2-4-15-12(14)8(7)11(13)17/h2-5H,1H3,(H2,14,15). The molecule has 2 aromatic rings. The fourth-order valence-corrected chi connectivity index (χ4v) is 2.68. The van der Waals surface area contributed by atoms with E-state index in [9.17, 15) is 9.59 Å². The van der Waals surface area contributed by atoms with Gasteiger partial charge in [-0.1, -0.05) is 0 Å². The molecule has 0 bridgehead atoms. The molecule has 0 radical (unpaired) electrons. The summed E-state index contributed by atoms with van der Waals surface area (Å²) in [5.74, 6) is -0.296. The van der Waals surface area contributed by atoms with Gasteiger partial charge in [0.15, 0.2) is 0 Å². The number of nitrogens with zero attached hydrogens (tertiary/aromatic N) is 1. The van der Waals surface area contributed by atoms with Crippen LogP contribution in [-0.2, 0) is 0 Å². The number of carbonyl (C=O) groups is 2. The van der Waals surface area contributed by atoms with Crippen LogP contribution in [0.3, 0.4) is 0 Å². The summed E-state index contributed by atoms with van der Waals surface area (Å²) in [7, 11) is 0. The van der Waals surface area contributed by atoms with Crippen molar-refractivity contribution in [3.63, 3.8) is 0 Å². The number of hydrogen-bond acceptors (Lipinski definition) is 5. The maximum absolute atomic E-state index is 12.3. The van der Waals surface area contributed by atoms with Crippen LogP contribution in [0.4, 0.5) is 5.82 Å². The van der Waals surface area contributed by atoms with Gasteiger partial charge in [0, 0.05) is 11.8 Å². The van der Waals surface area contributed by atoms with Crippen LogP contribution in [0.5, 0.6) is 0 Å². The van der Waals surface area contributed by atoms with E-state index in [0.29, 0.717) is 4.88 Å². The normalized spacial score (nSPS) is 10.3. The zero-order chi connectivity index (χ0) is 13.3. The first-order valence-electron chi connectivity index (χ1n) is 5.05. The molecular formula is C12H9ClN2O2S. The van der Waals surface area contributed by atoms with Crippen molar-refractivity contribution in [2.75, 3.05) is 5.73 Å². The van der Waals surface area contributed by atoms with Crippen molar-refractivity contribution in [2.45, 2.75) is 6.92 Å². The average molecular weight is 281 g/mol. The highest BCUT2D eigenvalue weighted by Crippen LogP contribution is 2.24. The number of anilines is 1. The molecule has 0 atom stereocenters. The third-order valence-electron chi connectivity index (χ3n) is 2.49. The van der Waals surface area contributed by atoms with E-state index in [-0.39, 0.29) is 22.7 Å². The minimum absolute atomic E-state index is 0.0306. The van der Waals surface area contributed by atoms with Crippen LogP contribution in [0.2, 0.25) is 0 Å². The summed E-state index contributed by atoms with van der Waals surface area (Å²) in [5, 5.41) is 1.04. The Morgan fingerprint density at radius 1 is 1.39 bits per heavy atom. The molecule has 0 fully saturated rings. The minimum atomic E-state index is -0.779. The van der Waals surface area contributed by atoms with Crippen LogP contribution in [0.1, 0.15) is 31.2 Å². The highest BCUT2D eigenvalue weighted by atomic mass is 35.5. The molecule has 0 saturated carbocycles. The number of ketones is 1. The van der Waals surface area contributed by atoms with E-state index in [0.717, 1.165) is 5.56 Å². The van der Waals surface area contributed by atoms with Crippen LogP contribution in [0, 0.1) is 6.92 Å². The molecule has 0 aliphatic heterocycles. The van der Waals surface area contributed by atoms with Gasteiger partial charge in [0.05, 0.1) is 10.4 Å². The Morgan fingerprint density at radius 3 is 2.67 bits per heavy atom. The molecule has 2 heterocycles. The van der Waals surface area contributed by atoms with E-state index in [1.54, 1.807) is 0 Å². The number of aromatic nitrogens is 1. The zero-order valence-corrected chi connectivity index (χ0v) is 11.0. The van der Waals surface area contributed by atoms with Gasteiger partial charge in [0.1, 0.15) is 5.82 Å². The van der Waals surface area contributed by atoms with Crippen molar-refractivity contribution < 1.29 is 9.59 Å². The molecule has 0 spiro atoms. The molecule has 6 heteroatoms. The molecule has 2 aromatic heterocycles. The monoisotopic (exact) mass is 280 g/mol. The lowest BCUT2D eigenvalue weighted by Crippen LogP contribution is -2.11. The number of rotatable bonds is 3. The quantitative estimate of drug-likeness (QED) is 0.693. The third-order valence-corrected chi connectivity index (χ3v) is 3.69. The predicted molar refractivity (Wildman–Crippen MR) is 71.3 cm³/mol. The van der Waals surface area contributed by atoms with Crippen molar-refractivity contribution >= 4 is 39.8 Å². The Balaban J connectivity index is 2.59. The van der Waals surface area contributed by atoms with E-state index in [2.05, 4.69) is 4.98 Å². The lowest BCUT2D eigenvalue weighted by Gasteiger charge is -2.06. The van der Waals surface area contributed by atoms with Gasteiger partial charge in [-0.2, -0.15) is 0 Å². The summed E-state index contributed by atoms with van der Waals surface area (Å²) < 4.78 is 0. The average Bonchev–Trinajstić information content (AvgIpc) is 2.73. The van der Waals surface area contributed by atoms with Crippen LogP contribution < -0.4 is 5.73 Å². The first-order chi connectivity index (χ1) is 8.52. The van der Waals surface area contributed by atoms with Crippen molar-refractivity contribution in [3.8, 4) is 0 Å². The molecule has 0 unspecified atom stereocenters. The fraction of sp³-hybridized carbons (Fsp3) is 0.0833. The number of pyridine rings is 1. The largest absolute Gasteiger partial charge is 0.383 e. The van der Waals surface area contributed by atoms with Gasteiger partial charge in [-0.05, 0) is 41.6 Å². The molecular weight excluding hydrogens is 272 g/mol. The van der Waals surface area contributed by atoms with Gasteiger partial charge in [-0.15, -0.1) is 11.3 Å². The van der Waals surface area contributed by atoms with Gasteiger partial charge < -0.3 is 5.73 Å². The predicted octanol–water partition coefficient (Wildman–Crippen LogP) is 2.64. The molecule has 0 aromatic carbocycles. The second-order valence-electron chi connectivity index (χ2n) is 3.65. The van der Waals surface area contributed by atoms with Crippen molar-refractivity contribution in [1.29, 1.82) is 0 Å². The summed E-state index contributed by atoms with van der Waals surface area (Å²) in [6.45, 7) is 1.83. The topological polar surface area (TPSA) is 73.1 Å². The Kier molecular flexibility index (Phi) is 3.45. The van der Waals surface area contributed by atoms with Gasteiger partial charge in [-0.3, -0.25) is 9.59 Å². The molecule has 18 heavy (non-hydrogen) atoms. The summed E-state index contributed by atoms with van der Waals surface area (Å²) in [5.41, 5.74) is 6.60. The summed E-state index contributed by atoms with van der Waals surface area (Å²) in [6.07, 6.45) is 1.38. The first kappa shape index (κ1) is 12.7. The van der Waals surface area contributed by atoms with E-state index >= 15 is 0 Å². The van der Waals surface area contributed by atoms with Crippen LogP contribution in [0.15, 0.2) is 23.7 Å². The van der Waals surface area contributed by atoms with E-state index < -0.39 is 5.24 Å². The smallest absolute Gasteiger partial charge is 0.256 e. The highest BCUT2D eigenvalue weighted by Gasteiger charge is 2.22. The zero-order valence-electron chi connectivity index (χ0n) is 9.44. The van der Waals surface area contributed by atoms with Crippen molar-refractivity contribution in [3.05, 3.63) is 45.3 Å². The Labute approximate surface area is 112 Å². The first-order valence-corrected chi connectivity index (χ1v) is 6.31. The number of nitrogen functional groups attached to an aromatic ring is 1. The van der Waals surface area contributed by atoms with Gasteiger partial charge >= 0.3 is 0 Å². The van der Waals surface area contributed by atoms with E-state index in [1.807, 2.05) is 18.4 Å². The third kappa shape index (κ3) is 2.14. The molecule has 0 aliphatic carbocycles. The molecule has 0 aliphatic rings. The minimum Gasteiger partial charge on any atom is -0.383 e. The lowest BCUT2D eigenvalue weighted by molar-refractivity contribution is 0.102. The Hall–Kier alpha value is -1.72. The maximum Gasteiger partial charge on any atom is 0.256 e. The summed E-state index contributed by atoms with van der Waals surface area (Å²) in [6, 6.07) is 3.29. The Morgan fingerprint density at radius 2 is 2.11 bits per heavy atom. The highest BCUT2D eigenvalue weighted by molar-refractivity contribution is 7.12. The van der Waals surface area contributed by atoms with Crippen molar-refractivity contribution in [1.82, 2.24) is 4.98 Å². The molecule has 0 saturated heterocycles. The van der Waals surface area contributed by atoms with Gasteiger partial charge in [-0.25, -0.2) is 4.98 Å². The Bertz CT molecular complexity index is 637. The fourth-order valence-electron chi connectivity index (χ4n) is 1.60. The number of thiophene rings is 1. The summed E-state index contributed by atoms with van der Waals surface area (Å²) >= 11 is 6.76. The number of nitrogens with two attached hydrogens (primary N) is 1. The van der Waals surface area contributed by atoms with Gasteiger partial charge in [0.25, 0.3) is 5.24 Å². The van der Waals surface area contributed by atoms with Gasteiger partial charge in [0.2, 0.25) is 5.78 Å². The summed E-state index contributed by atoms with van der Waals surface area (Å²) in [4.78, 5) is 28.0. The number of halogens is 1. The number of carbonyl (C=O) groups excluding carboxylic acids is 2. The van der Waals surface area contributed by atoms with Crippen molar-refractivity contribution in [2.24, 2.45) is 0 Å². The molecule has 2 rings (SSSR count).